The molecule has 0 radical (unpaired) electrons. The first-order valence-corrected chi connectivity index (χ1v) is 6.30. The highest BCUT2D eigenvalue weighted by Gasteiger charge is 2.11. The molecule has 0 heterocycles. The minimum absolute atomic E-state index is 0.0879. The van der Waals surface area contributed by atoms with Gasteiger partial charge in [-0.1, -0.05) is 39.8 Å². The Morgan fingerprint density at radius 1 is 1.18 bits per heavy atom. The lowest BCUT2D eigenvalue weighted by Crippen LogP contribution is -2.18. The molecule has 0 aliphatic rings. The molecule has 0 amide bonds. The molecule has 0 aliphatic heterocycles. The van der Waals surface area contributed by atoms with Crippen molar-refractivity contribution in [2.24, 2.45) is 5.92 Å². The van der Waals surface area contributed by atoms with Gasteiger partial charge in [0, 0.05) is 5.92 Å². The molecule has 0 N–H and O–H groups in total. The predicted octanol–water partition coefficient (Wildman–Crippen LogP) is 3.80. The Bertz CT molecular complexity index is 352. The van der Waals surface area contributed by atoms with Gasteiger partial charge in [0.15, 0.2) is 5.78 Å². The van der Waals surface area contributed by atoms with Crippen molar-refractivity contribution in [3.05, 3.63) is 29.8 Å². The van der Waals surface area contributed by atoms with E-state index in [2.05, 4.69) is 13.8 Å². The van der Waals surface area contributed by atoms with Crippen molar-refractivity contribution in [1.82, 2.24) is 0 Å². The summed E-state index contributed by atoms with van der Waals surface area (Å²) in [7, 11) is 0. The van der Waals surface area contributed by atoms with Crippen molar-refractivity contribution in [1.29, 1.82) is 0 Å². The van der Waals surface area contributed by atoms with Crippen molar-refractivity contribution in [2.75, 3.05) is 6.61 Å². The number of ether oxygens (including phenoxy) is 1. The van der Waals surface area contributed by atoms with E-state index in [-0.39, 0.29) is 18.3 Å². The number of hydrogen-bond donors (Lipinski definition) is 0. The Hall–Kier alpha value is -1.31. The van der Waals surface area contributed by atoms with E-state index in [1.165, 1.54) is 5.56 Å². The molecule has 0 saturated carbocycles. The van der Waals surface area contributed by atoms with Gasteiger partial charge in [-0.3, -0.25) is 4.79 Å². The van der Waals surface area contributed by atoms with Gasteiger partial charge < -0.3 is 4.74 Å². The second-order valence-corrected chi connectivity index (χ2v) is 4.79. The topological polar surface area (TPSA) is 26.3 Å². The molecule has 1 aromatic carbocycles. The van der Waals surface area contributed by atoms with E-state index in [0.29, 0.717) is 5.92 Å². The zero-order valence-electron chi connectivity index (χ0n) is 11.2. The average Bonchev–Trinajstić information content (AvgIpc) is 2.35. The van der Waals surface area contributed by atoms with Crippen LogP contribution in [-0.4, -0.2) is 12.4 Å². The molecule has 1 atom stereocenters. The molecule has 1 rings (SSSR count). The third kappa shape index (κ3) is 4.22. The van der Waals surface area contributed by atoms with Crippen LogP contribution in [0, 0.1) is 5.92 Å². The number of ketones is 1. The summed E-state index contributed by atoms with van der Waals surface area (Å²) in [6.45, 7) is 8.44. The van der Waals surface area contributed by atoms with Crippen molar-refractivity contribution in [3.8, 4) is 5.75 Å². The van der Waals surface area contributed by atoms with E-state index in [9.17, 15) is 4.79 Å². The summed E-state index contributed by atoms with van der Waals surface area (Å²) in [4.78, 5) is 11.6. The van der Waals surface area contributed by atoms with Crippen molar-refractivity contribution < 1.29 is 9.53 Å². The lowest BCUT2D eigenvalue weighted by molar-refractivity contribution is -0.124. The highest BCUT2D eigenvalue weighted by Crippen LogP contribution is 2.18. The van der Waals surface area contributed by atoms with Gasteiger partial charge in [0.2, 0.25) is 0 Å². The van der Waals surface area contributed by atoms with E-state index in [1.54, 1.807) is 0 Å². The Morgan fingerprint density at radius 3 is 2.24 bits per heavy atom. The lowest BCUT2D eigenvalue weighted by Gasteiger charge is -2.10. The van der Waals surface area contributed by atoms with Crippen LogP contribution < -0.4 is 4.74 Å². The van der Waals surface area contributed by atoms with Crippen LogP contribution in [0.4, 0.5) is 0 Å². The molecule has 2 nitrogen and oxygen atoms in total. The van der Waals surface area contributed by atoms with Gasteiger partial charge in [0.05, 0.1) is 0 Å². The first-order chi connectivity index (χ1) is 8.04. The summed E-state index contributed by atoms with van der Waals surface area (Å²) in [5.41, 5.74) is 1.28. The molecule has 17 heavy (non-hydrogen) atoms. The van der Waals surface area contributed by atoms with Crippen LogP contribution in [0.1, 0.15) is 45.6 Å². The van der Waals surface area contributed by atoms with Crippen molar-refractivity contribution in [2.45, 2.75) is 40.0 Å². The number of rotatable bonds is 6. The number of hydrogen-bond acceptors (Lipinski definition) is 2. The zero-order valence-corrected chi connectivity index (χ0v) is 11.2. The first-order valence-electron chi connectivity index (χ1n) is 6.30. The maximum atomic E-state index is 11.6. The molecule has 0 fully saturated rings. The van der Waals surface area contributed by atoms with Gasteiger partial charge in [-0.2, -0.15) is 0 Å². The largest absolute Gasteiger partial charge is 0.486 e. The summed E-state index contributed by atoms with van der Waals surface area (Å²) in [6.07, 6.45) is 0.870. The van der Waals surface area contributed by atoms with Gasteiger partial charge in [-0.05, 0) is 30.0 Å². The highest BCUT2D eigenvalue weighted by atomic mass is 16.5. The third-order valence-electron chi connectivity index (χ3n) is 3.09. The van der Waals surface area contributed by atoms with E-state index in [4.69, 9.17) is 4.74 Å². The molecule has 0 aromatic heterocycles. The van der Waals surface area contributed by atoms with Gasteiger partial charge in [-0.15, -0.1) is 0 Å². The molecule has 0 bridgehead atoms. The Kier molecular flexibility index (Phi) is 5.20. The maximum Gasteiger partial charge on any atom is 0.172 e. The summed E-state index contributed by atoms with van der Waals surface area (Å²) in [5, 5.41) is 0. The van der Waals surface area contributed by atoms with Crippen LogP contribution in [0.25, 0.3) is 0 Å². The fourth-order valence-electron chi connectivity index (χ4n) is 1.47. The fourth-order valence-corrected chi connectivity index (χ4v) is 1.47. The lowest BCUT2D eigenvalue weighted by atomic mass is 10.0. The van der Waals surface area contributed by atoms with Gasteiger partial charge in [-0.25, -0.2) is 0 Å². The van der Waals surface area contributed by atoms with E-state index in [1.807, 2.05) is 38.1 Å². The average molecular weight is 234 g/mol. The molecule has 1 unspecified atom stereocenters. The SMILES string of the molecule is CCC(C)C(=O)COc1ccc(C(C)C)cc1. The standard InChI is InChI=1S/C15H22O2/c1-5-12(4)15(16)10-17-14-8-6-13(7-9-14)11(2)3/h6-9,11-12H,5,10H2,1-4H3. The number of Topliss-reactive ketones (excluding diaryl/α,β-unsaturated/α-hetero) is 1. The molecule has 0 spiro atoms. The van der Waals surface area contributed by atoms with Crippen LogP contribution in [-0.2, 0) is 4.79 Å². The summed E-state index contributed by atoms with van der Waals surface area (Å²) >= 11 is 0. The van der Waals surface area contributed by atoms with Crippen LogP contribution >= 0.6 is 0 Å². The second kappa shape index (κ2) is 6.43. The minimum Gasteiger partial charge on any atom is -0.486 e. The third-order valence-corrected chi connectivity index (χ3v) is 3.09. The van der Waals surface area contributed by atoms with E-state index < -0.39 is 0 Å². The molecular weight excluding hydrogens is 212 g/mol. The fraction of sp³-hybridized carbons (Fsp3) is 0.533. The highest BCUT2D eigenvalue weighted by molar-refractivity contribution is 5.82. The van der Waals surface area contributed by atoms with Gasteiger partial charge in [0.1, 0.15) is 12.4 Å². The van der Waals surface area contributed by atoms with E-state index in [0.717, 1.165) is 12.2 Å². The first kappa shape index (κ1) is 13.8. The number of carbonyl (C=O) groups is 1. The number of carbonyl (C=O) groups excluding carboxylic acids is 1. The van der Waals surface area contributed by atoms with Crippen LogP contribution in [0.15, 0.2) is 24.3 Å². The normalized spacial score (nSPS) is 12.5. The minimum atomic E-state index is 0.0879. The monoisotopic (exact) mass is 234 g/mol. The Balaban J connectivity index is 2.50. The zero-order chi connectivity index (χ0) is 12.8. The summed E-state index contributed by atoms with van der Waals surface area (Å²) in [6, 6.07) is 7.96. The Labute approximate surface area is 104 Å². The molecule has 0 aliphatic carbocycles. The molecule has 2 heteroatoms. The molecular formula is C15H22O2. The smallest absolute Gasteiger partial charge is 0.172 e. The van der Waals surface area contributed by atoms with E-state index >= 15 is 0 Å². The van der Waals surface area contributed by atoms with Crippen LogP contribution in [0.3, 0.4) is 0 Å². The van der Waals surface area contributed by atoms with Crippen LogP contribution in [0.5, 0.6) is 5.75 Å². The number of benzene rings is 1. The molecule has 94 valence electrons. The summed E-state index contributed by atoms with van der Waals surface area (Å²) in [5.74, 6) is 1.54. The van der Waals surface area contributed by atoms with Gasteiger partial charge in [0.25, 0.3) is 0 Å². The van der Waals surface area contributed by atoms with Crippen LogP contribution in [0.2, 0.25) is 0 Å². The summed E-state index contributed by atoms with van der Waals surface area (Å²) < 4.78 is 5.48. The predicted molar refractivity (Wildman–Crippen MR) is 70.5 cm³/mol. The maximum absolute atomic E-state index is 11.6. The Morgan fingerprint density at radius 2 is 1.76 bits per heavy atom. The quantitative estimate of drug-likeness (QED) is 0.748. The second-order valence-electron chi connectivity index (χ2n) is 4.79. The van der Waals surface area contributed by atoms with Gasteiger partial charge >= 0.3 is 0 Å². The molecule has 0 saturated heterocycles. The van der Waals surface area contributed by atoms with Crippen molar-refractivity contribution >= 4 is 5.78 Å². The molecule has 1 aromatic rings. The van der Waals surface area contributed by atoms with Crippen molar-refractivity contribution in [3.63, 3.8) is 0 Å².